The van der Waals surface area contributed by atoms with Crippen LogP contribution in [0.25, 0.3) is 17.1 Å². The van der Waals surface area contributed by atoms with E-state index in [0.717, 1.165) is 22.8 Å². The smallest absolute Gasteiger partial charge is 0.199 e. The Balaban J connectivity index is 1.55. The van der Waals surface area contributed by atoms with Crippen molar-refractivity contribution in [2.45, 2.75) is 13.2 Å². The molecule has 0 aliphatic carbocycles. The molecule has 0 bridgehead atoms. The van der Waals surface area contributed by atoms with Gasteiger partial charge in [-0.25, -0.2) is 4.98 Å². The topological polar surface area (TPSA) is 96.6 Å². The van der Waals surface area contributed by atoms with E-state index >= 15 is 0 Å². The first-order valence-corrected chi connectivity index (χ1v) is 10.4. The van der Waals surface area contributed by atoms with E-state index in [4.69, 9.17) is 21.6 Å². The van der Waals surface area contributed by atoms with Crippen molar-refractivity contribution in [3.63, 3.8) is 0 Å². The van der Waals surface area contributed by atoms with E-state index in [9.17, 15) is 10.1 Å². The maximum absolute atomic E-state index is 12.3. The van der Waals surface area contributed by atoms with Gasteiger partial charge in [-0.1, -0.05) is 17.7 Å². The normalized spacial score (nSPS) is 10.5. The lowest BCUT2D eigenvalue weighted by molar-refractivity contribution is 0.0989. The summed E-state index contributed by atoms with van der Waals surface area (Å²) in [6, 6.07) is 19.8. The molecule has 0 aliphatic rings. The molecule has 4 aromatic rings. The van der Waals surface area contributed by atoms with Gasteiger partial charge in [0.2, 0.25) is 0 Å². The Kier molecular flexibility index (Phi) is 6.37. The summed E-state index contributed by atoms with van der Waals surface area (Å²) in [6.07, 6.45) is 3.23. The molecule has 33 heavy (non-hydrogen) atoms. The molecule has 4 rings (SSSR count). The molecular weight excluding hydrogens is 438 g/mol. The fraction of sp³-hybridized carbons (Fsp3) is 0.120. The van der Waals surface area contributed by atoms with Gasteiger partial charge in [0.25, 0.3) is 0 Å². The highest BCUT2D eigenvalue weighted by molar-refractivity contribution is 6.30. The number of nitrogens with zero attached hydrogens (tertiary/aromatic N) is 5. The zero-order valence-corrected chi connectivity index (χ0v) is 18.5. The summed E-state index contributed by atoms with van der Waals surface area (Å²) in [5, 5.41) is 18.8. The number of rotatable bonds is 6. The second-order valence-electron chi connectivity index (χ2n) is 7.32. The fourth-order valence-electron chi connectivity index (χ4n) is 3.44. The van der Waals surface area contributed by atoms with Gasteiger partial charge in [-0.2, -0.15) is 10.5 Å². The Hall–Kier alpha value is -4.17. The standard InChI is InChI=1S/C25H18ClN5O2/c1-30-23(13-29-25(30)18-7-5-17(11-27)6-8-18)16-33-15-22-10-24(32)19(12-28)14-31(22)21-4-2-3-20(26)9-21/h2-10,13-14H,15-16H2,1H3. The van der Waals surface area contributed by atoms with Gasteiger partial charge in [0.15, 0.2) is 5.43 Å². The lowest BCUT2D eigenvalue weighted by Crippen LogP contribution is -2.15. The highest BCUT2D eigenvalue weighted by Crippen LogP contribution is 2.21. The summed E-state index contributed by atoms with van der Waals surface area (Å²) in [4.78, 5) is 16.7. The number of hydrogen-bond acceptors (Lipinski definition) is 5. The molecule has 7 nitrogen and oxygen atoms in total. The Bertz CT molecular complexity index is 1460. The second kappa shape index (κ2) is 9.54. The third kappa shape index (κ3) is 4.70. The molecule has 0 saturated carbocycles. The fourth-order valence-corrected chi connectivity index (χ4v) is 3.62. The van der Waals surface area contributed by atoms with Crippen molar-refractivity contribution >= 4 is 11.6 Å². The molecule has 0 spiro atoms. The van der Waals surface area contributed by atoms with Crippen molar-refractivity contribution in [3.8, 4) is 29.2 Å². The molecule has 0 atom stereocenters. The van der Waals surface area contributed by atoms with E-state index in [1.165, 1.54) is 12.3 Å². The highest BCUT2D eigenvalue weighted by atomic mass is 35.5. The predicted molar refractivity (Wildman–Crippen MR) is 124 cm³/mol. The van der Waals surface area contributed by atoms with Crippen molar-refractivity contribution in [2.75, 3.05) is 0 Å². The molecule has 0 amide bonds. The predicted octanol–water partition coefficient (Wildman–Crippen LogP) is 4.35. The minimum atomic E-state index is -0.363. The quantitative estimate of drug-likeness (QED) is 0.430. The third-order valence-corrected chi connectivity index (χ3v) is 5.43. The van der Waals surface area contributed by atoms with E-state index in [1.807, 2.05) is 35.9 Å². The molecule has 0 unspecified atom stereocenters. The summed E-state index contributed by atoms with van der Waals surface area (Å²) in [7, 11) is 1.89. The summed E-state index contributed by atoms with van der Waals surface area (Å²) < 4.78 is 9.57. The van der Waals surface area contributed by atoms with Crippen LogP contribution >= 0.6 is 11.6 Å². The molecule has 0 fully saturated rings. The van der Waals surface area contributed by atoms with Gasteiger partial charge >= 0.3 is 0 Å². The molecule has 0 radical (unpaired) electrons. The van der Waals surface area contributed by atoms with E-state index < -0.39 is 0 Å². The molecule has 0 saturated heterocycles. The summed E-state index contributed by atoms with van der Waals surface area (Å²) in [5.74, 6) is 0.757. The van der Waals surface area contributed by atoms with Gasteiger partial charge in [-0.05, 0) is 42.5 Å². The number of nitriles is 2. The first kappa shape index (κ1) is 22.0. The summed E-state index contributed by atoms with van der Waals surface area (Å²) in [5.41, 5.74) is 3.32. The highest BCUT2D eigenvalue weighted by Gasteiger charge is 2.12. The number of ether oxygens (including phenoxy) is 1. The van der Waals surface area contributed by atoms with Gasteiger partial charge in [0.1, 0.15) is 17.5 Å². The molecule has 8 heteroatoms. The Morgan fingerprint density at radius 1 is 1.03 bits per heavy atom. The molecule has 0 aliphatic heterocycles. The number of pyridine rings is 1. The van der Waals surface area contributed by atoms with Crippen LogP contribution in [0.1, 0.15) is 22.5 Å². The molecular formula is C25H18ClN5O2. The Morgan fingerprint density at radius 2 is 1.79 bits per heavy atom. The Morgan fingerprint density at radius 3 is 2.48 bits per heavy atom. The van der Waals surface area contributed by atoms with E-state index in [-0.39, 0.29) is 24.2 Å². The van der Waals surface area contributed by atoms with Crippen molar-refractivity contribution in [1.82, 2.24) is 14.1 Å². The van der Waals surface area contributed by atoms with Crippen molar-refractivity contribution in [1.29, 1.82) is 10.5 Å². The van der Waals surface area contributed by atoms with Gasteiger partial charge in [-0.3, -0.25) is 4.79 Å². The molecule has 2 heterocycles. The molecule has 0 N–H and O–H groups in total. The minimum Gasteiger partial charge on any atom is -0.369 e. The second-order valence-corrected chi connectivity index (χ2v) is 7.75. The van der Waals surface area contributed by atoms with Crippen LogP contribution in [-0.2, 0) is 25.0 Å². The SMILES string of the molecule is Cn1c(COCc2cc(=O)c(C#N)cn2-c2cccc(Cl)c2)cnc1-c1ccc(C#N)cc1. The summed E-state index contributed by atoms with van der Waals surface area (Å²) in [6.45, 7) is 0.411. The van der Waals surface area contributed by atoms with E-state index in [1.54, 1.807) is 41.1 Å². The lowest BCUT2D eigenvalue weighted by Gasteiger charge is -2.15. The van der Waals surface area contributed by atoms with Gasteiger partial charge in [-0.15, -0.1) is 0 Å². The van der Waals surface area contributed by atoms with E-state index in [0.29, 0.717) is 16.3 Å². The van der Waals surface area contributed by atoms with Crippen molar-refractivity contribution in [3.05, 3.63) is 105 Å². The van der Waals surface area contributed by atoms with Crippen LogP contribution in [0.2, 0.25) is 5.02 Å². The largest absolute Gasteiger partial charge is 0.369 e. The minimum absolute atomic E-state index is 0.0393. The summed E-state index contributed by atoms with van der Waals surface area (Å²) >= 11 is 6.13. The van der Waals surface area contributed by atoms with Crippen LogP contribution < -0.4 is 5.43 Å². The lowest BCUT2D eigenvalue weighted by atomic mass is 10.1. The number of imidazole rings is 1. The van der Waals surface area contributed by atoms with Gasteiger partial charge < -0.3 is 13.9 Å². The van der Waals surface area contributed by atoms with Gasteiger partial charge in [0.05, 0.1) is 42.4 Å². The molecule has 2 aromatic carbocycles. The van der Waals surface area contributed by atoms with Crippen molar-refractivity contribution < 1.29 is 4.74 Å². The molecule has 162 valence electrons. The zero-order valence-electron chi connectivity index (χ0n) is 17.7. The van der Waals surface area contributed by atoms with E-state index in [2.05, 4.69) is 11.1 Å². The molecule has 2 aromatic heterocycles. The first-order valence-electron chi connectivity index (χ1n) is 10.0. The number of hydrogen-bond donors (Lipinski definition) is 0. The average Bonchev–Trinajstić information content (AvgIpc) is 3.19. The number of aromatic nitrogens is 3. The first-order chi connectivity index (χ1) is 16.0. The maximum atomic E-state index is 12.3. The van der Waals surface area contributed by atoms with Crippen LogP contribution in [0.5, 0.6) is 0 Å². The van der Waals surface area contributed by atoms with Crippen molar-refractivity contribution in [2.24, 2.45) is 7.05 Å². The van der Waals surface area contributed by atoms with Crippen LogP contribution in [-0.4, -0.2) is 14.1 Å². The Labute approximate surface area is 195 Å². The number of benzene rings is 2. The average molecular weight is 456 g/mol. The maximum Gasteiger partial charge on any atom is 0.199 e. The van der Waals surface area contributed by atoms with Crippen LogP contribution in [0, 0.1) is 22.7 Å². The zero-order chi connectivity index (χ0) is 23.4. The monoisotopic (exact) mass is 455 g/mol. The van der Waals surface area contributed by atoms with Crippen LogP contribution in [0.3, 0.4) is 0 Å². The number of halogens is 1. The van der Waals surface area contributed by atoms with Gasteiger partial charge in [0, 0.05) is 35.6 Å². The van der Waals surface area contributed by atoms with Crippen LogP contribution in [0.15, 0.2) is 71.8 Å². The van der Waals surface area contributed by atoms with Crippen LogP contribution in [0.4, 0.5) is 0 Å². The third-order valence-electron chi connectivity index (χ3n) is 5.19.